The molecule has 0 aromatic heterocycles. The molecule has 3 heteroatoms. The van der Waals surface area contributed by atoms with Gasteiger partial charge in [0.25, 0.3) is 0 Å². The van der Waals surface area contributed by atoms with Crippen LogP contribution in [0.4, 0.5) is 0 Å². The molecule has 0 amide bonds. The summed E-state index contributed by atoms with van der Waals surface area (Å²) in [6.45, 7) is 1.60. The summed E-state index contributed by atoms with van der Waals surface area (Å²) in [7, 11) is 1.40. The third-order valence-corrected chi connectivity index (χ3v) is 1.54. The predicted molar refractivity (Wildman–Crippen MR) is 34.3 cm³/mol. The van der Waals surface area contributed by atoms with Crippen molar-refractivity contribution in [2.45, 2.75) is 13.3 Å². The van der Waals surface area contributed by atoms with Gasteiger partial charge in [0.1, 0.15) is 0 Å². The number of Topliss-reactive ketones (excluding diaryl/α,β-unsaturated/α-hetero) is 2. The van der Waals surface area contributed by atoms with Gasteiger partial charge in [-0.2, -0.15) is 0 Å². The minimum atomic E-state index is -0.204. The van der Waals surface area contributed by atoms with Gasteiger partial charge in [0.15, 0.2) is 11.5 Å². The molecule has 0 aromatic rings. The Bertz CT molecular complexity index is 225. The lowest BCUT2D eigenvalue weighted by atomic mass is 10.2. The molecule has 1 rings (SSSR count). The van der Waals surface area contributed by atoms with E-state index in [1.165, 1.54) is 7.11 Å². The van der Waals surface area contributed by atoms with Crippen LogP contribution < -0.4 is 0 Å². The molecular formula is C7H8O3. The normalized spacial score (nSPS) is 18.6. The standard InChI is InChI=1S/C7H8O3/c1-4-5(8)3-6(9)7(4)10-2/h3H2,1-2H3. The van der Waals surface area contributed by atoms with Crippen LogP contribution in [0.25, 0.3) is 0 Å². The summed E-state index contributed by atoms with van der Waals surface area (Å²) < 4.78 is 4.72. The summed E-state index contributed by atoms with van der Waals surface area (Å²) in [5.41, 5.74) is 0.451. The van der Waals surface area contributed by atoms with Crippen molar-refractivity contribution in [3.05, 3.63) is 11.3 Å². The molecule has 3 nitrogen and oxygen atoms in total. The largest absolute Gasteiger partial charge is 0.493 e. The predicted octanol–water partition coefficient (Wildman–Crippen LogP) is 0.449. The molecule has 0 spiro atoms. The highest BCUT2D eigenvalue weighted by Crippen LogP contribution is 2.18. The fourth-order valence-electron chi connectivity index (χ4n) is 0.961. The lowest BCUT2D eigenvalue weighted by molar-refractivity contribution is -0.122. The summed E-state index contributed by atoms with van der Waals surface area (Å²) in [5, 5.41) is 0. The van der Waals surface area contributed by atoms with E-state index in [0.29, 0.717) is 5.57 Å². The first-order chi connectivity index (χ1) is 4.66. The molecule has 54 valence electrons. The molecular weight excluding hydrogens is 132 g/mol. The zero-order chi connectivity index (χ0) is 7.72. The Morgan fingerprint density at radius 3 is 2.10 bits per heavy atom. The van der Waals surface area contributed by atoms with E-state index in [9.17, 15) is 9.59 Å². The topological polar surface area (TPSA) is 43.4 Å². The number of allylic oxidation sites excluding steroid dienone is 2. The second kappa shape index (κ2) is 2.25. The van der Waals surface area contributed by atoms with E-state index in [0.717, 1.165) is 0 Å². The lowest BCUT2D eigenvalue weighted by Crippen LogP contribution is -1.98. The number of ether oxygens (including phenoxy) is 1. The van der Waals surface area contributed by atoms with Crippen LogP contribution in [0.5, 0.6) is 0 Å². The van der Waals surface area contributed by atoms with E-state index in [1.807, 2.05) is 0 Å². The summed E-state index contributed by atoms with van der Waals surface area (Å²) >= 11 is 0. The van der Waals surface area contributed by atoms with E-state index in [4.69, 9.17) is 4.74 Å². The van der Waals surface area contributed by atoms with Gasteiger partial charge in [-0.25, -0.2) is 0 Å². The second-order valence-corrected chi connectivity index (χ2v) is 2.18. The molecule has 1 aliphatic rings. The van der Waals surface area contributed by atoms with E-state index in [2.05, 4.69) is 0 Å². The maximum Gasteiger partial charge on any atom is 0.205 e. The van der Waals surface area contributed by atoms with E-state index >= 15 is 0 Å². The van der Waals surface area contributed by atoms with Crippen molar-refractivity contribution >= 4 is 11.6 Å². The van der Waals surface area contributed by atoms with Crippen molar-refractivity contribution in [1.82, 2.24) is 0 Å². The molecule has 10 heavy (non-hydrogen) atoms. The minimum absolute atomic E-state index is 0.0188. The van der Waals surface area contributed by atoms with E-state index in [1.54, 1.807) is 6.92 Å². The number of ketones is 2. The van der Waals surface area contributed by atoms with Crippen molar-refractivity contribution < 1.29 is 14.3 Å². The Balaban J connectivity index is 3.01. The number of rotatable bonds is 1. The molecule has 0 bridgehead atoms. The Morgan fingerprint density at radius 1 is 1.30 bits per heavy atom. The molecule has 0 fully saturated rings. The monoisotopic (exact) mass is 140 g/mol. The zero-order valence-electron chi connectivity index (χ0n) is 5.93. The third-order valence-electron chi connectivity index (χ3n) is 1.54. The van der Waals surface area contributed by atoms with Crippen LogP contribution in [0.2, 0.25) is 0 Å². The van der Waals surface area contributed by atoms with Gasteiger partial charge in [0.05, 0.1) is 13.5 Å². The minimum Gasteiger partial charge on any atom is -0.493 e. The van der Waals surface area contributed by atoms with Crippen LogP contribution in [0.15, 0.2) is 11.3 Å². The summed E-state index contributed by atoms with van der Waals surface area (Å²) in [6, 6.07) is 0. The van der Waals surface area contributed by atoms with Crippen LogP contribution >= 0.6 is 0 Å². The number of carbonyl (C=O) groups is 2. The molecule has 0 aromatic carbocycles. The van der Waals surface area contributed by atoms with Crippen LogP contribution in [0, 0.1) is 0 Å². The third kappa shape index (κ3) is 0.835. The van der Waals surface area contributed by atoms with Crippen LogP contribution in [-0.2, 0) is 14.3 Å². The van der Waals surface area contributed by atoms with Gasteiger partial charge in [-0.1, -0.05) is 0 Å². The fourth-order valence-corrected chi connectivity index (χ4v) is 0.961. The van der Waals surface area contributed by atoms with Crippen molar-refractivity contribution in [3.63, 3.8) is 0 Å². The molecule has 0 atom stereocenters. The van der Waals surface area contributed by atoms with Gasteiger partial charge in [0.2, 0.25) is 5.78 Å². The van der Waals surface area contributed by atoms with E-state index in [-0.39, 0.29) is 23.7 Å². The maximum atomic E-state index is 10.8. The molecule has 0 unspecified atom stereocenters. The average molecular weight is 140 g/mol. The molecule has 0 saturated heterocycles. The molecule has 0 saturated carbocycles. The van der Waals surface area contributed by atoms with E-state index < -0.39 is 0 Å². The quantitative estimate of drug-likeness (QED) is 0.496. The lowest BCUT2D eigenvalue weighted by Gasteiger charge is -1.96. The summed E-state index contributed by atoms with van der Waals surface area (Å²) in [4.78, 5) is 21.6. The SMILES string of the molecule is COC1=C(C)C(=O)CC1=O. The molecule has 0 radical (unpaired) electrons. The maximum absolute atomic E-state index is 10.8. The molecule has 0 N–H and O–H groups in total. The molecule has 0 heterocycles. The van der Waals surface area contributed by atoms with Crippen LogP contribution in [0.1, 0.15) is 13.3 Å². The van der Waals surface area contributed by atoms with Gasteiger partial charge in [-0.15, -0.1) is 0 Å². The van der Waals surface area contributed by atoms with Crippen molar-refractivity contribution in [2.75, 3.05) is 7.11 Å². The highest BCUT2D eigenvalue weighted by atomic mass is 16.5. The fraction of sp³-hybridized carbons (Fsp3) is 0.429. The smallest absolute Gasteiger partial charge is 0.205 e. The number of methoxy groups -OCH3 is 1. The Kier molecular flexibility index (Phi) is 1.57. The van der Waals surface area contributed by atoms with Crippen LogP contribution in [0.3, 0.4) is 0 Å². The first-order valence-electron chi connectivity index (χ1n) is 2.98. The summed E-state index contributed by atoms with van der Waals surface area (Å²) in [6.07, 6.45) is -0.0188. The molecule has 1 aliphatic carbocycles. The van der Waals surface area contributed by atoms with Gasteiger partial charge in [-0.05, 0) is 6.92 Å². The van der Waals surface area contributed by atoms with Gasteiger partial charge >= 0.3 is 0 Å². The van der Waals surface area contributed by atoms with Gasteiger partial charge in [-0.3, -0.25) is 9.59 Å². The van der Waals surface area contributed by atoms with Gasteiger partial charge in [0, 0.05) is 5.57 Å². The van der Waals surface area contributed by atoms with Crippen molar-refractivity contribution in [2.24, 2.45) is 0 Å². The Labute approximate surface area is 58.7 Å². The zero-order valence-corrected chi connectivity index (χ0v) is 5.93. The van der Waals surface area contributed by atoms with Crippen molar-refractivity contribution in [3.8, 4) is 0 Å². The highest BCUT2D eigenvalue weighted by molar-refractivity contribution is 6.21. The highest BCUT2D eigenvalue weighted by Gasteiger charge is 2.28. The summed E-state index contributed by atoms with van der Waals surface area (Å²) in [5.74, 6) is -0.100. The van der Waals surface area contributed by atoms with Gasteiger partial charge < -0.3 is 4.74 Å². The first kappa shape index (κ1) is 6.99. The average Bonchev–Trinajstić information content (AvgIpc) is 2.09. The number of hydrogen-bond donors (Lipinski definition) is 0. The molecule has 0 aliphatic heterocycles. The Hall–Kier alpha value is -1.12. The number of carbonyl (C=O) groups excluding carboxylic acids is 2. The number of hydrogen-bond acceptors (Lipinski definition) is 3. The van der Waals surface area contributed by atoms with Crippen molar-refractivity contribution in [1.29, 1.82) is 0 Å². The van der Waals surface area contributed by atoms with Crippen LogP contribution in [-0.4, -0.2) is 18.7 Å². The Morgan fingerprint density at radius 2 is 1.90 bits per heavy atom. The second-order valence-electron chi connectivity index (χ2n) is 2.18. The first-order valence-corrected chi connectivity index (χ1v) is 2.98.